The summed E-state index contributed by atoms with van der Waals surface area (Å²) in [5, 5.41) is 0. The van der Waals surface area contributed by atoms with Crippen LogP contribution < -0.4 is 9.64 Å². The lowest BCUT2D eigenvalue weighted by atomic mass is 9.95. The number of fused-ring (bicyclic) bond motifs is 1. The van der Waals surface area contributed by atoms with Crippen LogP contribution in [0.2, 0.25) is 0 Å². The van der Waals surface area contributed by atoms with Crippen LogP contribution in [0.4, 0.5) is 5.69 Å². The summed E-state index contributed by atoms with van der Waals surface area (Å²) < 4.78 is 5.24. The molecule has 1 saturated heterocycles. The molecule has 0 saturated carbocycles. The van der Waals surface area contributed by atoms with Gasteiger partial charge >= 0.3 is 0 Å². The number of methoxy groups -OCH3 is 1. The van der Waals surface area contributed by atoms with E-state index in [0.29, 0.717) is 6.42 Å². The Hall–Kier alpha value is -2.82. The number of anilines is 1. The van der Waals surface area contributed by atoms with Crippen LogP contribution in [-0.2, 0) is 4.79 Å². The maximum atomic E-state index is 12.6. The number of carbonyl (C=O) groups excluding carboxylic acids is 1. The summed E-state index contributed by atoms with van der Waals surface area (Å²) >= 11 is 0. The minimum absolute atomic E-state index is 0.0313. The average Bonchev–Trinajstić information content (AvgIpc) is 3.17. The van der Waals surface area contributed by atoms with Gasteiger partial charge in [-0.3, -0.25) is 4.79 Å². The van der Waals surface area contributed by atoms with Gasteiger partial charge in [0.1, 0.15) is 5.75 Å². The summed E-state index contributed by atoms with van der Waals surface area (Å²) in [7, 11) is 1.66. The van der Waals surface area contributed by atoms with E-state index in [1.54, 1.807) is 13.4 Å². The standard InChI is InChI=1S/C19H19N3O2/c1-12-9-18(23)22(14-5-8-16-17(10-14)21-11-20-16)19(12)13-3-6-15(24-2)7-4-13/h3-8,10-12,19H,9H2,1-2H3,(H,20,21)/t12-,19+/m0/s1. The SMILES string of the molecule is COc1ccc([C@H]2[C@@H](C)CC(=O)N2c2ccc3nc[nH]c3c2)cc1. The maximum Gasteiger partial charge on any atom is 0.227 e. The zero-order valence-electron chi connectivity index (χ0n) is 13.7. The van der Waals surface area contributed by atoms with Gasteiger partial charge in [-0.25, -0.2) is 4.98 Å². The number of hydrogen-bond donors (Lipinski definition) is 1. The molecular weight excluding hydrogens is 302 g/mol. The van der Waals surface area contributed by atoms with Crippen LogP contribution >= 0.6 is 0 Å². The van der Waals surface area contributed by atoms with Crippen molar-refractivity contribution >= 4 is 22.6 Å². The van der Waals surface area contributed by atoms with E-state index in [-0.39, 0.29) is 17.9 Å². The van der Waals surface area contributed by atoms with E-state index < -0.39 is 0 Å². The second kappa shape index (κ2) is 5.67. The Labute approximate surface area is 140 Å². The Morgan fingerprint density at radius 2 is 2.00 bits per heavy atom. The van der Waals surface area contributed by atoms with E-state index in [1.165, 1.54) is 0 Å². The van der Waals surface area contributed by atoms with E-state index in [9.17, 15) is 4.79 Å². The van der Waals surface area contributed by atoms with Crippen molar-refractivity contribution in [2.75, 3.05) is 12.0 Å². The lowest BCUT2D eigenvalue weighted by molar-refractivity contribution is -0.117. The molecule has 2 heterocycles. The summed E-state index contributed by atoms with van der Waals surface area (Å²) in [5.41, 5.74) is 3.87. The fraction of sp³-hybridized carbons (Fsp3) is 0.263. The third-order valence-corrected chi connectivity index (χ3v) is 4.72. The predicted molar refractivity (Wildman–Crippen MR) is 93.1 cm³/mol. The van der Waals surface area contributed by atoms with Crippen LogP contribution in [0.1, 0.15) is 24.9 Å². The highest BCUT2D eigenvalue weighted by atomic mass is 16.5. The molecule has 1 amide bonds. The van der Waals surface area contributed by atoms with E-state index in [2.05, 4.69) is 16.9 Å². The fourth-order valence-electron chi connectivity index (χ4n) is 3.55. The number of nitrogens with one attached hydrogen (secondary N) is 1. The first-order valence-electron chi connectivity index (χ1n) is 8.06. The fourth-order valence-corrected chi connectivity index (χ4v) is 3.55. The van der Waals surface area contributed by atoms with Gasteiger partial charge in [0, 0.05) is 12.1 Å². The highest BCUT2D eigenvalue weighted by Crippen LogP contribution is 2.41. The third kappa shape index (κ3) is 2.33. The van der Waals surface area contributed by atoms with Gasteiger partial charge < -0.3 is 14.6 Å². The zero-order chi connectivity index (χ0) is 16.7. The largest absolute Gasteiger partial charge is 0.497 e. The molecule has 122 valence electrons. The molecule has 1 N–H and O–H groups in total. The van der Waals surface area contributed by atoms with Gasteiger partial charge in [0.2, 0.25) is 5.91 Å². The van der Waals surface area contributed by atoms with Crippen LogP contribution in [0.5, 0.6) is 5.75 Å². The number of aromatic nitrogens is 2. The quantitative estimate of drug-likeness (QED) is 0.800. The number of carbonyl (C=O) groups is 1. The zero-order valence-corrected chi connectivity index (χ0v) is 13.7. The van der Waals surface area contributed by atoms with Gasteiger partial charge in [0.15, 0.2) is 0 Å². The minimum atomic E-state index is 0.0313. The number of aromatic amines is 1. The van der Waals surface area contributed by atoms with Crippen molar-refractivity contribution in [2.45, 2.75) is 19.4 Å². The second-order valence-corrected chi connectivity index (χ2v) is 6.27. The Kier molecular flexibility index (Phi) is 3.49. The molecule has 1 aliphatic heterocycles. The van der Waals surface area contributed by atoms with Crippen molar-refractivity contribution in [1.82, 2.24) is 9.97 Å². The highest BCUT2D eigenvalue weighted by Gasteiger charge is 2.39. The van der Waals surface area contributed by atoms with Gasteiger partial charge in [-0.15, -0.1) is 0 Å². The number of rotatable bonds is 3. The minimum Gasteiger partial charge on any atom is -0.497 e. The van der Waals surface area contributed by atoms with Gasteiger partial charge in [0.05, 0.1) is 30.5 Å². The number of ether oxygens (including phenoxy) is 1. The van der Waals surface area contributed by atoms with Crippen LogP contribution in [0.15, 0.2) is 48.8 Å². The van der Waals surface area contributed by atoms with E-state index in [1.807, 2.05) is 47.4 Å². The molecule has 2 aromatic carbocycles. The number of H-pyrrole nitrogens is 1. The van der Waals surface area contributed by atoms with Crippen molar-refractivity contribution < 1.29 is 9.53 Å². The van der Waals surface area contributed by atoms with Crippen LogP contribution in [-0.4, -0.2) is 23.0 Å². The molecule has 0 radical (unpaired) electrons. The van der Waals surface area contributed by atoms with E-state index in [0.717, 1.165) is 28.0 Å². The first-order valence-corrected chi connectivity index (χ1v) is 8.06. The molecule has 24 heavy (non-hydrogen) atoms. The predicted octanol–water partition coefficient (Wildman–Crippen LogP) is 3.69. The summed E-state index contributed by atoms with van der Waals surface area (Å²) in [6, 6.07) is 13.9. The molecule has 0 bridgehead atoms. The number of benzene rings is 2. The van der Waals surface area contributed by atoms with Gasteiger partial charge in [-0.2, -0.15) is 0 Å². The normalized spacial score (nSPS) is 20.8. The molecule has 5 heteroatoms. The van der Waals surface area contributed by atoms with Crippen molar-refractivity contribution in [3.8, 4) is 5.75 Å². The summed E-state index contributed by atoms with van der Waals surface area (Å²) in [6.07, 6.45) is 2.22. The van der Waals surface area contributed by atoms with Gasteiger partial charge in [-0.05, 0) is 41.8 Å². The van der Waals surface area contributed by atoms with Crippen LogP contribution in [0, 0.1) is 5.92 Å². The molecule has 3 aromatic rings. The van der Waals surface area contributed by atoms with Gasteiger partial charge in [-0.1, -0.05) is 19.1 Å². The van der Waals surface area contributed by atoms with Crippen molar-refractivity contribution in [3.63, 3.8) is 0 Å². The van der Waals surface area contributed by atoms with E-state index >= 15 is 0 Å². The number of hydrogen-bond acceptors (Lipinski definition) is 3. The molecule has 1 aromatic heterocycles. The molecule has 0 unspecified atom stereocenters. The van der Waals surface area contributed by atoms with Crippen molar-refractivity contribution in [1.29, 1.82) is 0 Å². The average molecular weight is 321 g/mol. The molecule has 4 rings (SSSR count). The Bertz CT molecular complexity index is 885. The first kappa shape index (κ1) is 14.8. The molecular formula is C19H19N3O2. The molecule has 1 fully saturated rings. The first-order chi connectivity index (χ1) is 11.7. The van der Waals surface area contributed by atoms with Crippen molar-refractivity contribution in [2.24, 2.45) is 5.92 Å². The molecule has 5 nitrogen and oxygen atoms in total. The maximum absolute atomic E-state index is 12.6. The number of amides is 1. The summed E-state index contributed by atoms with van der Waals surface area (Å²) in [5.74, 6) is 1.23. The Balaban J connectivity index is 1.76. The lowest BCUT2D eigenvalue weighted by Crippen LogP contribution is -2.28. The highest BCUT2D eigenvalue weighted by molar-refractivity contribution is 5.98. The Morgan fingerprint density at radius 1 is 1.21 bits per heavy atom. The second-order valence-electron chi connectivity index (χ2n) is 6.27. The summed E-state index contributed by atoms with van der Waals surface area (Å²) in [4.78, 5) is 21.9. The lowest BCUT2D eigenvalue weighted by Gasteiger charge is -2.27. The molecule has 1 aliphatic rings. The van der Waals surface area contributed by atoms with Gasteiger partial charge in [0.25, 0.3) is 0 Å². The molecule has 2 atom stereocenters. The molecule has 0 spiro atoms. The van der Waals surface area contributed by atoms with E-state index in [4.69, 9.17) is 4.74 Å². The number of nitrogens with zero attached hydrogens (tertiary/aromatic N) is 2. The molecule has 0 aliphatic carbocycles. The smallest absolute Gasteiger partial charge is 0.227 e. The topological polar surface area (TPSA) is 58.2 Å². The van der Waals surface area contributed by atoms with Crippen LogP contribution in [0.3, 0.4) is 0 Å². The van der Waals surface area contributed by atoms with Crippen LogP contribution in [0.25, 0.3) is 11.0 Å². The number of imidazole rings is 1. The third-order valence-electron chi connectivity index (χ3n) is 4.72. The monoisotopic (exact) mass is 321 g/mol. The Morgan fingerprint density at radius 3 is 2.75 bits per heavy atom. The van der Waals surface area contributed by atoms with Crippen molar-refractivity contribution in [3.05, 3.63) is 54.4 Å². The summed E-state index contributed by atoms with van der Waals surface area (Å²) in [6.45, 7) is 2.13.